The molecule has 2 rings (SSSR count). The van der Waals surface area contributed by atoms with E-state index in [1.165, 1.54) is 31.4 Å². The molecular formula is C14H12FNO3. The standard InChI is InChI=1S/C14H12FNO3/c1-19-13(18)8-10-4-7-12(15)14(16-10)9-2-5-11(17)6-3-9/h2-7,17H,8H2,1H3. The fraction of sp³-hybridized carbons (Fsp3) is 0.143. The van der Waals surface area contributed by atoms with E-state index < -0.39 is 11.8 Å². The summed E-state index contributed by atoms with van der Waals surface area (Å²) in [4.78, 5) is 15.3. The van der Waals surface area contributed by atoms with Gasteiger partial charge in [0.25, 0.3) is 0 Å². The second-order valence-corrected chi connectivity index (χ2v) is 3.93. The van der Waals surface area contributed by atoms with Crippen LogP contribution in [0.1, 0.15) is 5.69 Å². The number of aromatic hydroxyl groups is 1. The molecule has 98 valence electrons. The predicted molar refractivity (Wildman–Crippen MR) is 67.0 cm³/mol. The maximum Gasteiger partial charge on any atom is 0.311 e. The third kappa shape index (κ3) is 3.07. The molecule has 1 aromatic carbocycles. The molecule has 4 nitrogen and oxygen atoms in total. The van der Waals surface area contributed by atoms with Crippen molar-refractivity contribution in [2.45, 2.75) is 6.42 Å². The van der Waals surface area contributed by atoms with Crippen molar-refractivity contribution in [3.63, 3.8) is 0 Å². The largest absolute Gasteiger partial charge is 0.508 e. The van der Waals surface area contributed by atoms with Gasteiger partial charge in [0.2, 0.25) is 0 Å². The topological polar surface area (TPSA) is 59.4 Å². The molecule has 0 saturated carbocycles. The van der Waals surface area contributed by atoms with Gasteiger partial charge in [-0.05, 0) is 36.4 Å². The van der Waals surface area contributed by atoms with Crippen LogP contribution in [-0.2, 0) is 16.0 Å². The van der Waals surface area contributed by atoms with Crippen molar-refractivity contribution in [1.29, 1.82) is 0 Å². The van der Waals surface area contributed by atoms with Crippen LogP contribution in [0.3, 0.4) is 0 Å². The maximum absolute atomic E-state index is 13.7. The summed E-state index contributed by atoms with van der Waals surface area (Å²) in [6.45, 7) is 0. The number of carbonyl (C=O) groups excluding carboxylic acids is 1. The van der Waals surface area contributed by atoms with E-state index in [1.807, 2.05) is 0 Å². The number of benzene rings is 1. The van der Waals surface area contributed by atoms with Gasteiger partial charge in [0.15, 0.2) is 0 Å². The molecule has 0 unspecified atom stereocenters. The zero-order valence-electron chi connectivity index (χ0n) is 10.3. The zero-order valence-corrected chi connectivity index (χ0v) is 10.3. The number of hydrogen-bond acceptors (Lipinski definition) is 4. The highest BCUT2D eigenvalue weighted by atomic mass is 19.1. The molecule has 0 aliphatic rings. The van der Waals surface area contributed by atoms with E-state index in [2.05, 4.69) is 9.72 Å². The Kier molecular flexibility index (Phi) is 3.75. The van der Waals surface area contributed by atoms with Crippen LogP contribution in [0.15, 0.2) is 36.4 Å². The summed E-state index contributed by atoms with van der Waals surface area (Å²) in [6.07, 6.45) is -0.0120. The highest BCUT2D eigenvalue weighted by Crippen LogP contribution is 2.23. The number of rotatable bonds is 3. The summed E-state index contributed by atoms with van der Waals surface area (Å²) in [7, 11) is 1.28. The molecule has 0 bridgehead atoms. The van der Waals surface area contributed by atoms with E-state index in [-0.39, 0.29) is 17.9 Å². The monoisotopic (exact) mass is 261 g/mol. The number of phenolic OH excluding ortho intramolecular Hbond substituents is 1. The van der Waals surface area contributed by atoms with Gasteiger partial charge in [0.05, 0.1) is 19.2 Å². The fourth-order valence-electron chi connectivity index (χ4n) is 1.62. The molecule has 0 spiro atoms. The lowest BCUT2D eigenvalue weighted by Gasteiger charge is -2.06. The maximum atomic E-state index is 13.7. The van der Waals surface area contributed by atoms with Gasteiger partial charge in [-0.2, -0.15) is 0 Å². The van der Waals surface area contributed by atoms with E-state index in [0.29, 0.717) is 11.3 Å². The molecule has 1 N–H and O–H groups in total. The van der Waals surface area contributed by atoms with Crippen LogP contribution >= 0.6 is 0 Å². The van der Waals surface area contributed by atoms with Crippen LogP contribution in [0.25, 0.3) is 11.3 Å². The van der Waals surface area contributed by atoms with Crippen LogP contribution in [0.2, 0.25) is 0 Å². The first-order valence-electron chi connectivity index (χ1n) is 5.62. The third-order valence-electron chi connectivity index (χ3n) is 2.60. The lowest BCUT2D eigenvalue weighted by Crippen LogP contribution is -2.07. The summed E-state index contributed by atoms with van der Waals surface area (Å²) in [5.41, 5.74) is 1.10. The first-order chi connectivity index (χ1) is 9.10. The minimum Gasteiger partial charge on any atom is -0.508 e. The van der Waals surface area contributed by atoms with Crippen molar-refractivity contribution >= 4 is 5.97 Å². The zero-order chi connectivity index (χ0) is 13.8. The second-order valence-electron chi connectivity index (χ2n) is 3.93. The normalized spacial score (nSPS) is 10.2. The first-order valence-corrected chi connectivity index (χ1v) is 5.62. The van der Waals surface area contributed by atoms with Gasteiger partial charge in [-0.3, -0.25) is 4.79 Å². The van der Waals surface area contributed by atoms with Gasteiger partial charge in [0.1, 0.15) is 17.3 Å². The molecule has 1 aromatic heterocycles. The van der Waals surface area contributed by atoms with Crippen LogP contribution in [0.5, 0.6) is 5.75 Å². The average Bonchev–Trinajstić information content (AvgIpc) is 2.42. The van der Waals surface area contributed by atoms with Gasteiger partial charge in [-0.25, -0.2) is 9.37 Å². The summed E-state index contributed by atoms with van der Waals surface area (Å²) < 4.78 is 18.3. The number of halogens is 1. The smallest absolute Gasteiger partial charge is 0.311 e. The third-order valence-corrected chi connectivity index (χ3v) is 2.60. The van der Waals surface area contributed by atoms with E-state index >= 15 is 0 Å². The van der Waals surface area contributed by atoms with Gasteiger partial charge in [-0.1, -0.05) is 0 Å². The van der Waals surface area contributed by atoms with E-state index in [9.17, 15) is 14.3 Å². The fourth-order valence-corrected chi connectivity index (χ4v) is 1.62. The van der Waals surface area contributed by atoms with E-state index in [4.69, 9.17) is 0 Å². The number of phenols is 1. The number of carbonyl (C=O) groups is 1. The molecule has 0 fully saturated rings. The van der Waals surface area contributed by atoms with Gasteiger partial charge in [0, 0.05) is 5.56 Å². The number of ether oxygens (including phenoxy) is 1. The van der Waals surface area contributed by atoms with Crippen molar-refractivity contribution in [3.8, 4) is 17.0 Å². The molecule has 5 heteroatoms. The summed E-state index contributed by atoms with van der Waals surface area (Å²) >= 11 is 0. The summed E-state index contributed by atoms with van der Waals surface area (Å²) in [5, 5.41) is 9.20. The minimum absolute atomic E-state index is 0.0120. The van der Waals surface area contributed by atoms with Crippen LogP contribution < -0.4 is 0 Å². The van der Waals surface area contributed by atoms with Gasteiger partial charge >= 0.3 is 5.97 Å². The number of methoxy groups -OCH3 is 1. The first kappa shape index (κ1) is 13.0. The Morgan fingerprint density at radius 2 is 1.95 bits per heavy atom. The van der Waals surface area contributed by atoms with Gasteiger partial charge in [-0.15, -0.1) is 0 Å². The Morgan fingerprint density at radius 3 is 2.58 bits per heavy atom. The Bertz CT molecular complexity index is 596. The van der Waals surface area contributed by atoms with Gasteiger partial charge < -0.3 is 9.84 Å². The molecule has 0 saturated heterocycles. The predicted octanol–water partition coefficient (Wildman–Crippen LogP) is 2.31. The average molecular weight is 261 g/mol. The Labute approximate surface area is 109 Å². The number of esters is 1. The molecule has 0 atom stereocenters. The summed E-state index contributed by atoms with van der Waals surface area (Å²) in [5.74, 6) is -0.829. The van der Waals surface area contributed by atoms with Crippen molar-refractivity contribution < 1.29 is 19.0 Å². The molecule has 1 heterocycles. The molecule has 0 aliphatic heterocycles. The Hall–Kier alpha value is -2.43. The Morgan fingerprint density at radius 1 is 1.26 bits per heavy atom. The highest BCUT2D eigenvalue weighted by molar-refractivity contribution is 5.72. The molecule has 0 amide bonds. The van der Waals surface area contributed by atoms with E-state index in [0.717, 1.165) is 0 Å². The molecule has 2 aromatic rings. The lowest BCUT2D eigenvalue weighted by atomic mass is 10.1. The van der Waals surface area contributed by atoms with Crippen molar-refractivity contribution in [2.24, 2.45) is 0 Å². The molecule has 19 heavy (non-hydrogen) atoms. The van der Waals surface area contributed by atoms with Crippen molar-refractivity contribution in [1.82, 2.24) is 4.98 Å². The van der Waals surface area contributed by atoms with E-state index in [1.54, 1.807) is 12.1 Å². The second kappa shape index (κ2) is 5.48. The molecule has 0 aliphatic carbocycles. The minimum atomic E-state index is -0.487. The number of pyridine rings is 1. The number of hydrogen-bond donors (Lipinski definition) is 1. The summed E-state index contributed by atoms with van der Waals surface area (Å²) in [6, 6.07) is 8.71. The van der Waals surface area contributed by atoms with Crippen molar-refractivity contribution in [2.75, 3.05) is 7.11 Å². The molecular weight excluding hydrogens is 249 g/mol. The Balaban J connectivity index is 2.36. The number of aromatic nitrogens is 1. The van der Waals surface area contributed by atoms with Crippen LogP contribution in [0.4, 0.5) is 4.39 Å². The van der Waals surface area contributed by atoms with Crippen LogP contribution in [0, 0.1) is 5.82 Å². The van der Waals surface area contributed by atoms with Crippen molar-refractivity contribution in [3.05, 3.63) is 47.9 Å². The molecule has 0 radical (unpaired) electrons. The highest BCUT2D eigenvalue weighted by Gasteiger charge is 2.11. The quantitative estimate of drug-likeness (QED) is 0.861. The number of nitrogens with zero attached hydrogens (tertiary/aromatic N) is 1. The SMILES string of the molecule is COC(=O)Cc1ccc(F)c(-c2ccc(O)cc2)n1. The lowest BCUT2D eigenvalue weighted by molar-refractivity contribution is -0.139. The van der Waals surface area contributed by atoms with Crippen LogP contribution in [-0.4, -0.2) is 23.2 Å².